The van der Waals surface area contributed by atoms with Gasteiger partial charge in [0, 0.05) is 24.3 Å². The molecule has 1 heterocycles. The van der Waals surface area contributed by atoms with Crippen LogP contribution in [0.3, 0.4) is 0 Å². The zero-order valence-electron chi connectivity index (χ0n) is 10.9. The van der Waals surface area contributed by atoms with Gasteiger partial charge >= 0.3 is 0 Å². The van der Waals surface area contributed by atoms with Crippen molar-refractivity contribution in [2.24, 2.45) is 0 Å². The average Bonchev–Trinajstić information content (AvgIpc) is 2.25. The van der Waals surface area contributed by atoms with Gasteiger partial charge in [-0.05, 0) is 37.8 Å². The summed E-state index contributed by atoms with van der Waals surface area (Å²) in [5, 5.41) is 0. The molecular formula is C14H21NO. The quantitative estimate of drug-likeness (QED) is 0.717. The van der Waals surface area contributed by atoms with Crippen molar-refractivity contribution in [1.82, 2.24) is 0 Å². The van der Waals surface area contributed by atoms with E-state index in [9.17, 15) is 0 Å². The Hall–Kier alpha value is -1.18. The minimum atomic E-state index is 0.221. The molecule has 0 saturated carbocycles. The Morgan fingerprint density at radius 2 is 2.06 bits per heavy atom. The first-order valence-electron chi connectivity index (χ1n) is 5.87. The number of fused-ring (bicyclic) bond motifs is 1. The summed E-state index contributed by atoms with van der Waals surface area (Å²) in [7, 11) is 3.89. The molecular weight excluding hydrogens is 198 g/mol. The third-order valence-electron chi connectivity index (χ3n) is 3.84. The summed E-state index contributed by atoms with van der Waals surface area (Å²) in [6.45, 7) is 6.90. The summed E-state index contributed by atoms with van der Waals surface area (Å²) in [6.07, 6.45) is 1.20. The van der Waals surface area contributed by atoms with Gasteiger partial charge in [-0.1, -0.05) is 13.0 Å². The Bertz CT molecular complexity index is 398. The Kier molecular flexibility index (Phi) is 2.61. The van der Waals surface area contributed by atoms with Crippen LogP contribution in [0.4, 0.5) is 5.69 Å². The van der Waals surface area contributed by atoms with Crippen LogP contribution in [0.5, 0.6) is 5.75 Å². The number of methoxy groups -OCH3 is 1. The monoisotopic (exact) mass is 219 g/mol. The van der Waals surface area contributed by atoms with Crippen molar-refractivity contribution in [2.45, 2.75) is 38.6 Å². The number of benzene rings is 1. The lowest BCUT2D eigenvalue weighted by molar-refractivity contribution is 0.389. The molecule has 0 amide bonds. The first kappa shape index (κ1) is 11.3. The fraction of sp³-hybridized carbons (Fsp3) is 0.571. The molecule has 0 spiro atoms. The van der Waals surface area contributed by atoms with Crippen LogP contribution in [0, 0.1) is 0 Å². The minimum absolute atomic E-state index is 0.221. The zero-order valence-corrected chi connectivity index (χ0v) is 10.9. The second-order valence-corrected chi connectivity index (χ2v) is 5.40. The van der Waals surface area contributed by atoms with E-state index >= 15 is 0 Å². The summed E-state index contributed by atoms with van der Waals surface area (Å²) in [5.74, 6) is 1.56. The molecule has 16 heavy (non-hydrogen) atoms. The minimum Gasteiger partial charge on any atom is -0.497 e. The third-order valence-corrected chi connectivity index (χ3v) is 3.84. The maximum atomic E-state index is 5.31. The van der Waals surface area contributed by atoms with E-state index in [1.54, 1.807) is 7.11 Å². The van der Waals surface area contributed by atoms with Crippen molar-refractivity contribution >= 4 is 5.69 Å². The van der Waals surface area contributed by atoms with Gasteiger partial charge in [0.1, 0.15) is 5.75 Å². The summed E-state index contributed by atoms with van der Waals surface area (Å²) in [6, 6.07) is 6.40. The number of hydrogen-bond acceptors (Lipinski definition) is 2. The zero-order chi connectivity index (χ0) is 11.9. The largest absolute Gasteiger partial charge is 0.497 e. The number of hydrogen-bond donors (Lipinski definition) is 0. The second kappa shape index (κ2) is 3.69. The molecule has 2 heteroatoms. The molecule has 0 radical (unpaired) electrons. The number of rotatable bonds is 1. The molecule has 88 valence electrons. The second-order valence-electron chi connectivity index (χ2n) is 5.40. The van der Waals surface area contributed by atoms with Crippen LogP contribution in [0.25, 0.3) is 0 Å². The predicted molar refractivity (Wildman–Crippen MR) is 68.5 cm³/mol. The predicted octanol–water partition coefficient (Wildman–Crippen LogP) is 3.42. The maximum Gasteiger partial charge on any atom is 0.120 e. The van der Waals surface area contributed by atoms with E-state index in [2.05, 4.69) is 50.9 Å². The Labute approximate surface area is 98.2 Å². The summed E-state index contributed by atoms with van der Waals surface area (Å²) >= 11 is 0. The summed E-state index contributed by atoms with van der Waals surface area (Å²) in [4.78, 5) is 2.37. The van der Waals surface area contributed by atoms with E-state index in [0.29, 0.717) is 5.92 Å². The number of anilines is 1. The maximum absolute atomic E-state index is 5.31. The van der Waals surface area contributed by atoms with Crippen molar-refractivity contribution < 1.29 is 4.74 Å². The van der Waals surface area contributed by atoms with Crippen molar-refractivity contribution in [3.05, 3.63) is 23.8 Å². The standard InChI is InChI=1S/C14H21NO/c1-10-9-14(2,3)15(4)13-8-11(16-5)6-7-12(10)13/h6-8,10H,9H2,1-5H3/t10-/m0/s1. The Morgan fingerprint density at radius 1 is 1.38 bits per heavy atom. The molecule has 2 rings (SSSR count). The van der Waals surface area contributed by atoms with Crippen molar-refractivity contribution in [1.29, 1.82) is 0 Å². The van der Waals surface area contributed by atoms with Gasteiger partial charge in [0.25, 0.3) is 0 Å². The highest BCUT2D eigenvalue weighted by molar-refractivity contribution is 5.61. The molecule has 0 N–H and O–H groups in total. The topological polar surface area (TPSA) is 12.5 Å². The number of ether oxygens (including phenoxy) is 1. The first-order valence-corrected chi connectivity index (χ1v) is 5.87. The van der Waals surface area contributed by atoms with Gasteiger partial charge in [-0.25, -0.2) is 0 Å². The van der Waals surface area contributed by atoms with Crippen LogP contribution in [0.2, 0.25) is 0 Å². The van der Waals surface area contributed by atoms with E-state index in [4.69, 9.17) is 4.74 Å². The van der Waals surface area contributed by atoms with E-state index < -0.39 is 0 Å². The van der Waals surface area contributed by atoms with Gasteiger partial charge in [-0.3, -0.25) is 0 Å². The molecule has 0 aromatic heterocycles. The Morgan fingerprint density at radius 3 is 2.69 bits per heavy atom. The van der Waals surface area contributed by atoms with Gasteiger partial charge in [0.05, 0.1) is 7.11 Å². The molecule has 0 bridgehead atoms. The van der Waals surface area contributed by atoms with Gasteiger partial charge in [-0.15, -0.1) is 0 Å². The van der Waals surface area contributed by atoms with Crippen LogP contribution in [0.15, 0.2) is 18.2 Å². The normalized spacial score (nSPS) is 22.8. The van der Waals surface area contributed by atoms with Gasteiger partial charge in [0.2, 0.25) is 0 Å². The van der Waals surface area contributed by atoms with Gasteiger partial charge in [0.15, 0.2) is 0 Å². The molecule has 1 aliphatic rings. The first-order chi connectivity index (χ1) is 7.45. The molecule has 0 unspecified atom stereocenters. The lowest BCUT2D eigenvalue weighted by Gasteiger charge is -2.45. The van der Waals surface area contributed by atoms with Gasteiger partial charge in [-0.2, -0.15) is 0 Å². The highest BCUT2D eigenvalue weighted by Gasteiger charge is 2.34. The van der Waals surface area contributed by atoms with Crippen molar-refractivity contribution in [2.75, 3.05) is 19.1 Å². The Balaban J connectivity index is 2.51. The van der Waals surface area contributed by atoms with E-state index in [1.165, 1.54) is 17.7 Å². The lowest BCUT2D eigenvalue weighted by atomic mass is 9.80. The van der Waals surface area contributed by atoms with Crippen LogP contribution in [-0.4, -0.2) is 19.7 Å². The summed E-state index contributed by atoms with van der Waals surface area (Å²) < 4.78 is 5.31. The molecule has 0 saturated heterocycles. The highest BCUT2D eigenvalue weighted by Crippen LogP contribution is 2.43. The van der Waals surface area contributed by atoms with Gasteiger partial charge < -0.3 is 9.64 Å². The number of nitrogens with zero attached hydrogens (tertiary/aromatic N) is 1. The van der Waals surface area contributed by atoms with E-state index in [0.717, 1.165) is 5.75 Å². The molecule has 0 aliphatic carbocycles. The summed E-state index contributed by atoms with van der Waals surface area (Å²) in [5.41, 5.74) is 2.96. The van der Waals surface area contributed by atoms with Crippen LogP contribution in [-0.2, 0) is 0 Å². The lowest BCUT2D eigenvalue weighted by Crippen LogP contribution is -2.45. The molecule has 1 aromatic carbocycles. The van der Waals surface area contributed by atoms with E-state index in [1.807, 2.05) is 0 Å². The smallest absolute Gasteiger partial charge is 0.120 e. The third kappa shape index (κ3) is 1.66. The highest BCUT2D eigenvalue weighted by atomic mass is 16.5. The van der Waals surface area contributed by atoms with Crippen LogP contribution >= 0.6 is 0 Å². The SMILES string of the molecule is COc1ccc2c(c1)N(C)C(C)(C)C[C@@H]2C. The van der Waals surface area contributed by atoms with Crippen molar-refractivity contribution in [3.8, 4) is 5.75 Å². The molecule has 1 aliphatic heterocycles. The van der Waals surface area contributed by atoms with E-state index in [-0.39, 0.29) is 5.54 Å². The molecule has 1 aromatic rings. The molecule has 2 nitrogen and oxygen atoms in total. The molecule has 0 fully saturated rings. The van der Waals surface area contributed by atoms with Crippen LogP contribution < -0.4 is 9.64 Å². The fourth-order valence-electron chi connectivity index (χ4n) is 2.68. The fourth-order valence-corrected chi connectivity index (χ4v) is 2.68. The van der Waals surface area contributed by atoms with Crippen LogP contribution in [0.1, 0.15) is 38.7 Å². The average molecular weight is 219 g/mol. The van der Waals surface area contributed by atoms with Crippen molar-refractivity contribution in [3.63, 3.8) is 0 Å². The molecule has 1 atom stereocenters.